The lowest BCUT2D eigenvalue weighted by Gasteiger charge is -2.32. The Morgan fingerprint density at radius 2 is 2.12 bits per heavy atom. The van der Waals surface area contributed by atoms with Crippen LogP contribution in [0.3, 0.4) is 0 Å². The molecule has 1 aromatic carbocycles. The van der Waals surface area contributed by atoms with Gasteiger partial charge in [-0.1, -0.05) is 23.7 Å². The van der Waals surface area contributed by atoms with Gasteiger partial charge < -0.3 is 15.1 Å². The number of fused-ring (bicyclic) bond motifs is 3. The van der Waals surface area contributed by atoms with Crippen LogP contribution in [0.5, 0.6) is 0 Å². The molecular weight excluding hydrogens is 432 g/mol. The molecule has 1 amide bonds. The Hall–Kier alpha value is -3.75. The number of nitrogens with one attached hydrogen (secondary N) is 2. The molecule has 4 atom stereocenters. The van der Waals surface area contributed by atoms with Crippen molar-refractivity contribution < 1.29 is 9.63 Å². The number of hydrogen-bond acceptors (Lipinski definition) is 7. The third-order valence-electron chi connectivity index (χ3n) is 7.35. The second kappa shape index (κ2) is 8.55. The number of benzene rings is 1. The van der Waals surface area contributed by atoms with Crippen LogP contribution >= 0.6 is 0 Å². The average molecular weight is 459 g/mol. The van der Waals surface area contributed by atoms with E-state index in [9.17, 15) is 9.59 Å². The summed E-state index contributed by atoms with van der Waals surface area (Å²) in [4.78, 5) is 45.0. The maximum absolute atomic E-state index is 12.8. The molecule has 1 aliphatic carbocycles. The molecule has 3 aliphatic rings. The molecule has 9 nitrogen and oxygen atoms in total. The standard InChI is InChI=1S/C25H26N6O3/c32-23-17-7-1-2-8-19(17)28-25(29-23)31-14-16-5-3-9-21(31)18(16)13-27-24(33)22-11-20(30-34-22)15-6-4-10-26-12-15/h1-2,4,6-8,10,12,16,18,21-22H,3,5,9,11,13-14H2,(H,27,33)(H,28,29,32). The lowest BCUT2D eigenvalue weighted by molar-refractivity contribution is -0.131. The van der Waals surface area contributed by atoms with Gasteiger partial charge in [0.15, 0.2) is 0 Å². The van der Waals surface area contributed by atoms with Crippen LogP contribution in [0, 0.1) is 11.8 Å². The highest BCUT2D eigenvalue weighted by Gasteiger charge is 2.45. The molecule has 0 radical (unpaired) electrons. The maximum atomic E-state index is 12.8. The molecule has 3 aromatic rings. The van der Waals surface area contributed by atoms with Gasteiger partial charge in [0.1, 0.15) is 0 Å². The Morgan fingerprint density at radius 3 is 3.00 bits per heavy atom. The molecule has 2 fully saturated rings. The van der Waals surface area contributed by atoms with Gasteiger partial charge in [-0.15, -0.1) is 0 Å². The van der Waals surface area contributed by atoms with Crippen LogP contribution in [0.15, 0.2) is 58.7 Å². The summed E-state index contributed by atoms with van der Waals surface area (Å²) in [5.41, 5.74) is 2.20. The summed E-state index contributed by atoms with van der Waals surface area (Å²) in [6, 6.07) is 11.4. The summed E-state index contributed by atoms with van der Waals surface area (Å²) in [7, 11) is 0. The highest BCUT2D eigenvalue weighted by Crippen LogP contribution is 2.41. The zero-order valence-electron chi connectivity index (χ0n) is 18.7. The predicted molar refractivity (Wildman–Crippen MR) is 128 cm³/mol. The molecule has 2 N–H and O–H groups in total. The van der Waals surface area contributed by atoms with E-state index >= 15 is 0 Å². The maximum Gasteiger partial charge on any atom is 0.264 e. The molecule has 2 bridgehead atoms. The van der Waals surface area contributed by atoms with Crippen molar-refractivity contribution in [2.24, 2.45) is 17.0 Å². The number of aromatic nitrogens is 3. The molecule has 2 aliphatic heterocycles. The lowest BCUT2D eigenvalue weighted by atomic mass is 9.79. The van der Waals surface area contributed by atoms with E-state index in [1.54, 1.807) is 18.5 Å². The number of H-pyrrole nitrogens is 1. The van der Waals surface area contributed by atoms with Gasteiger partial charge in [0.05, 0.1) is 16.6 Å². The van der Waals surface area contributed by atoms with Crippen LogP contribution in [-0.4, -0.2) is 51.8 Å². The number of carbonyl (C=O) groups excluding carboxylic acids is 1. The number of para-hydroxylation sites is 1. The number of rotatable bonds is 5. The van der Waals surface area contributed by atoms with Crippen molar-refractivity contribution >= 4 is 28.5 Å². The summed E-state index contributed by atoms with van der Waals surface area (Å²) in [5, 5.41) is 7.80. The van der Waals surface area contributed by atoms with Crippen molar-refractivity contribution in [3.8, 4) is 0 Å². The quantitative estimate of drug-likeness (QED) is 0.606. The van der Waals surface area contributed by atoms with Crippen molar-refractivity contribution in [1.82, 2.24) is 20.3 Å². The van der Waals surface area contributed by atoms with Gasteiger partial charge in [0.25, 0.3) is 11.5 Å². The highest BCUT2D eigenvalue weighted by atomic mass is 16.6. The van der Waals surface area contributed by atoms with Crippen molar-refractivity contribution in [2.75, 3.05) is 18.0 Å². The third kappa shape index (κ3) is 3.70. The Labute approximate surface area is 196 Å². The summed E-state index contributed by atoms with van der Waals surface area (Å²) in [6.07, 6.45) is 6.51. The van der Waals surface area contributed by atoms with E-state index in [0.717, 1.165) is 37.1 Å². The van der Waals surface area contributed by atoms with Crippen LogP contribution < -0.4 is 15.8 Å². The normalized spacial score (nSPS) is 25.8. The second-order valence-corrected chi connectivity index (χ2v) is 9.30. The zero-order valence-corrected chi connectivity index (χ0v) is 18.7. The molecule has 9 heteroatoms. The van der Waals surface area contributed by atoms with Crippen molar-refractivity contribution in [2.45, 2.75) is 37.8 Å². The van der Waals surface area contributed by atoms with E-state index < -0.39 is 6.10 Å². The van der Waals surface area contributed by atoms with E-state index in [-0.39, 0.29) is 17.5 Å². The van der Waals surface area contributed by atoms with E-state index in [4.69, 9.17) is 9.82 Å². The third-order valence-corrected chi connectivity index (χ3v) is 7.35. The number of carbonyl (C=O) groups is 1. The van der Waals surface area contributed by atoms with Crippen LogP contribution in [0.4, 0.5) is 5.95 Å². The lowest BCUT2D eigenvalue weighted by Crippen LogP contribution is -2.44. The topological polar surface area (TPSA) is 113 Å². The Kier molecular flexibility index (Phi) is 5.24. The van der Waals surface area contributed by atoms with Gasteiger partial charge in [-0.2, -0.15) is 0 Å². The molecule has 174 valence electrons. The summed E-state index contributed by atoms with van der Waals surface area (Å²) >= 11 is 0. The number of aromatic amines is 1. The van der Waals surface area contributed by atoms with E-state index in [0.29, 0.717) is 41.7 Å². The van der Waals surface area contributed by atoms with Gasteiger partial charge in [0, 0.05) is 49.4 Å². The van der Waals surface area contributed by atoms with Gasteiger partial charge in [0.2, 0.25) is 12.1 Å². The average Bonchev–Trinajstić information content (AvgIpc) is 3.43. The molecule has 2 aromatic heterocycles. The van der Waals surface area contributed by atoms with Crippen LogP contribution in [-0.2, 0) is 9.63 Å². The largest absolute Gasteiger partial charge is 0.382 e. The SMILES string of the molecule is O=C(NCC1C2CCCC1N(c1nc3ccccc3c(=O)[nH]1)C2)C1CC(c2cccnc2)=NO1. The predicted octanol–water partition coefficient (Wildman–Crippen LogP) is 2.23. The van der Waals surface area contributed by atoms with Gasteiger partial charge in [-0.3, -0.25) is 19.6 Å². The molecule has 4 unspecified atom stereocenters. The minimum absolute atomic E-state index is 0.116. The first-order valence-corrected chi connectivity index (χ1v) is 11.8. The van der Waals surface area contributed by atoms with Crippen molar-refractivity contribution in [3.63, 3.8) is 0 Å². The Balaban J connectivity index is 1.13. The van der Waals surface area contributed by atoms with Gasteiger partial charge >= 0.3 is 0 Å². The van der Waals surface area contributed by atoms with Gasteiger partial charge in [-0.05, 0) is 43.0 Å². The van der Waals surface area contributed by atoms with E-state index in [2.05, 4.69) is 25.3 Å². The Bertz CT molecular complexity index is 1310. The highest BCUT2D eigenvalue weighted by molar-refractivity contribution is 6.03. The number of anilines is 1. The minimum atomic E-state index is -0.619. The van der Waals surface area contributed by atoms with Crippen LogP contribution in [0.2, 0.25) is 0 Å². The zero-order chi connectivity index (χ0) is 23.1. The monoisotopic (exact) mass is 458 g/mol. The number of pyridine rings is 1. The van der Waals surface area contributed by atoms with Gasteiger partial charge in [-0.25, -0.2) is 4.98 Å². The number of oxime groups is 1. The van der Waals surface area contributed by atoms with E-state index in [1.807, 2.05) is 30.3 Å². The van der Waals surface area contributed by atoms with Crippen LogP contribution in [0.1, 0.15) is 31.2 Å². The van der Waals surface area contributed by atoms with Crippen molar-refractivity contribution in [3.05, 3.63) is 64.7 Å². The fourth-order valence-corrected chi connectivity index (χ4v) is 5.64. The molecule has 4 heterocycles. The first kappa shape index (κ1) is 20.8. The fraction of sp³-hybridized carbons (Fsp3) is 0.400. The van der Waals surface area contributed by atoms with Crippen molar-refractivity contribution in [1.29, 1.82) is 0 Å². The first-order valence-electron chi connectivity index (χ1n) is 11.8. The summed E-state index contributed by atoms with van der Waals surface area (Å²) in [6.45, 7) is 1.41. The fourth-order valence-electron chi connectivity index (χ4n) is 5.64. The number of hydrogen-bond donors (Lipinski definition) is 2. The van der Waals surface area contributed by atoms with E-state index in [1.165, 1.54) is 0 Å². The molecule has 34 heavy (non-hydrogen) atoms. The smallest absolute Gasteiger partial charge is 0.264 e. The second-order valence-electron chi connectivity index (χ2n) is 9.30. The number of amides is 1. The number of nitrogens with zero attached hydrogens (tertiary/aromatic N) is 4. The summed E-state index contributed by atoms with van der Waals surface area (Å²) in [5.74, 6) is 1.23. The molecule has 6 rings (SSSR count). The first-order chi connectivity index (χ1) is 16.7. The molecule has 0 spiro atoms. The minimum Gasteiger partial charge on any atom is -0.382 e. The molecule has 1 saturated carbocycles. The molecule has 1 saturated heterocycles. The van der Waals surface area contributed by atoms with Crippen LogP contribution in [0.25, 0.3) is 10.9 Å². The summed E-state index contributed by atoms with van der Waals surface area (Å²) < 4.78 is 0. The Morgan fingerprint density at radius 1 is 1.21 bits per heavy atom. The molecular formula is C25H26N6O3.